The van der Waals surface area contributed by atoms with E-state index < -0.39 is 0 Å². The van der Waals surface area contributed by atoms with Gasteiger partial charge >= 0.3 is 0 Å². The quantitative estimate of drug-likeness (QED) is 0.769. The molecule has 3 aromatic carbocycles. The summed E-state index contributed by atoms with van der Waals surface area (Å²) in [5, 5.41) is 3.41. The molecule has 120 valence electrons. The van der Waals surface area contributed by atoms with Crippen LogP contribution in [-0.2, 0) is 0 Å². The van der Waals surface area contributed by atoms with Crippen LogP contribution >= 0.6 is 0 Å². The highest BCUT2D eigenvalue weighted by Crippen LogP contribution is 2.28. The number of nitrogens with one attached hydrogen (secondary N) is 1. The molecule has 1 fully saturated rings. The summed E-state index contributed by atoms with van der Waals surface area (Å²) in [6, 6.07) is 28.3. The molecule has 1 saturated heterocycles. The zero-order valence-corrected chi connectivity index (χ0v) is 13.8. The van der Waals surface area contributed by atoms with Crippen molar-refractivity contribution in [1.82, 2.24) is 5.32 Å². The molecule has 0 unspecified atom stereocenters. The molecular formula is C22H22N2. The summed E-state index contributed by atoms with van der Waals surface area (Å²) < 4.78 is 0. The Morgan fingerprint density at radius 1 is 0.583 bits per heavy atom. The predicted octanol–water partition coefficient (Wildman–Crippen LogP) is 4.43. The van der Waals surface area contributed by atoms with E-state index in [2.05, 4.69) is 89.1 Å². The summed E-state index contributed by atoms with van der Waals surface area (Å²) in [4.78, 5) is 2.46. The van der Waals surface area contributed by atoms with Gasteiger partial charge in [-0.25, -0.2) is 0 Å². The topological polar surface area (TPSA) is 15.3 Å². The Labute approximate surface area is 143 Å². The van der Waals surface area contributed by atoms with Crippen molar-refractivity contribution >= 4 is 5.69 Å². The van der Waals surface area contributed by atoms with E-state index in [9.17, 15) is 0 Å². The standard InChI is InChI=1S/C22H22N2/c1-2-6-18(7-3-1)19-8-4-9-20(16-19)21-10-5-11-22(17-21)24-14-12-23-13-15-24/h1-11,16-17,23H,12-15H2. The summed E-state index contributed by atoms with van der Waals surface area (Å²) in [6.45, 7) is 4.28. The molecule has 0 aromatic heterocycles. The number of benzene rings is 3. The molecule has 0 saturated carbocycles. The second-order valence-electron chi connectivity index (χ2n) is 6.23. The zero-order chi connectivity index (χ0) is 16.2. The minimum absolute atomic E-state index is 1.06. The van der Waals surface area contributed by atoms with Crippen molar-refractivity contribution < 1.29 is 0 Å². The van der Waals surface area contributed by atoms with Crippen molar-refractivity contribution in [3.8, 4) is 22.3 Å². The first-order chi connectivity index (χ1) is 11.9. The fourth-order valence-corrected chi connectivity index (χ4v) is 3.31. The molecule has 0 radical (unpaired) electrons. The summed E-state index contributed by atoms with van der Waals surface area (Å²) >= 11 is 0. The molecule has 1 N–H and O–H groups in total. The lowest BCUT2D eigenvalue weighted by atomic mass is 9.99. The Bertz CT molecular complexity index is 805. The predicted molar refractivity (Wildman–Crippen MR) is 102 cm³/mol. The molecule has 3 aromatic rings. The van der Waals surface area contributed by atoms with Gasteiger partial charge in [0.1, 0.15) is 0 Å². The number of rotatable bonds is 3. The van der Waals surface area contributed by atoms with Crippen molar-refractivity contribution in [2.45, 2.75) is 0 Å². The number of hydrogen-bond acceptors (Lipinski definition) is 2. The SMILES string of the molecule is c1ccc(-c2cccc(-c3cccc(N4CCNCC4)c3)c2)cc1. The van der Waals surface area contributed by atoms with Gasteiger partial charge in [0.15, 0.2) is 0 Å². The van der Waals surface area contributed by atoms with Gasteiger partial charge in [0.25, 0.3) is 0 Å². The first-order valence-corrected chi connectivity index (χ1v) is 8.62. The van der Waals surface area contributed by atoms with Crippen LogP contribution in [-0.4, -0.2) is 26.2 Å². The van der Waals surface area contributed by atoms with Crippen molar-refractivity contribution in [1.29, 1.82) is 0 Å². The molecule has 2 heteroatoms. The average molecular weight is 314 g/mol. The van der Waals surface area contributed by atoms with E-state index in [4.69, 9.17) is 0 Å². The lowest BCUT2D eigenvalue weighted by molar-refractivity contribution is 0.589. The maximum atomic E-state index is 3.41. The third kappa shape index (κ3) is 3.19. The third-order valence-corrected chi connectivity index (χ3v) is 4.63. The third-order valence-electron chi connectivity index (χ3n) is 4.63. The molecule has 4 rings (SSSR count). The summed E-state index contributed by atoms with van der Waals surface area (Å²) in [6.07, 6.45) is 0. The van der Waals surface area contributed by atoms with Crippen molar-refractivity contribution in [3.05, 3.63) is 78.9 Å². The van der Waals surface area contributed by atoms with Crippen molar-refractivity contribution in [3.63, 3.8) is 0 Å². The van der Waals surface area contributed by atoms with E-state index >= 15 is 0 Å². The molecule has 1 aliphatic heterocycles. The minimum atomic E-state index is 1.06. The van der Waals surface area contributed by atoms with E-state index in [0.717, 1.165) is 26.2 Å². The van der Waals surface area contributed by atoms with E-state index in [1.165, 1.54) is 27.9 Å². The first kappa shape index (κ1) is 15.0. The maximum Gasteiger partial charge on any atom is 0.0373 e. The van der Waals surface area contributed by atoms with Gasteiger partial charge in [-0.05, 0) is 40.5 Å². The van der Waals surface area contributed by atoms with Gasteiger partial charge in [-0.3, -0.25) is 0 Å². The summed E-state index contributed by atoms with van der Waals surface area (Å²) in [5.74, 6) is 0. The van der Waals surface area contributed by atoms with Gasteiger partial charge in [0, 0.05) is 31.9 Å². The Morgan fingerprint density at radius 2 is 1.17 bits per heavy atom. The fourth-order valence-electron chi connectivity index (χ4n) is 3.31. The number of piperazine rings is 1. The molecule has 1 heterocycles. The Kier molecular flexibility index (Phi) is 4.30. The van der Waals surface area contributed by atoms with Crippen LogP contribution in [0.2, 0.25) is 0 Å². The van der Waals surface area contributed by atoms with Crippen LogP contribution in [0.4, 0.5) is 5.69 Å². The lowest BCUT2D eigenvalue weighted by Crippen LogP contribution is -2.43. The van der Waals surface area contributed by atoms with E-state index in [0.29, 0.717) is 0 Å². The molecule has 0 bridgehead atoms. The molecule has 2 nitrogen and oxygen atoms in total. The van der Waals surface area contributed by atoms with Gasteiger partial charge in [-0.2, -0.15) is 0 Å². The van der Waals surface area contributed by atoms with Crippen molar-refractivity contribution in [2.24, 2.45) is 0 Å². The molecule has 24 heavy (non-hydrogen) atoms. The van der Waals surface area contributed by atoms with Gasteiger partial charge in [0.2, 0.25) is 0 Å². The number of anilines is 1. The Balaban J connectivity index is 1.66. The molecule has 0 amide bonds. The molecule has 1 aliphatic rings. The maximum absolute atomic E-state index is 3.41. The van der Waals surface area contributed by atoms with Crippen LogP contribution in [0.5, 0.6) is 0 Å². The highest BCUT2D eigenvalue weighted by atomic mass is 15.2. The highest BCUT2D eigenvalue weighted by molar-refractivity contribution is 5.75. The van der Waals surface area contributed by atoms with Gasteiger partial charge < -0.3 is 10.2 Å². The summed E-state index contributed by atoms with van der Waals surface area (Å²) in [5.41, 5.74) is 6.40. The van der Waals surface area contributed by atoms with Gasteiger partial charge in [-0.1, -0.05) is 60.7 Å². The van der Waals surface area contributed by atoms with E-state index in [-0.39, 0.29) is 0 Å². The van der Waals surface area contributed by atoms with Crippen LogP contribution in [0, 0.1) is 0 Å². The van der Waals surface area contributed by atoms with Gasteiger partial charge in [0.05, 0.1) is 0 Å². The van der Waals surface area contributed by atoms with E-state index in [1.54, 1.807) is 0 Å². The monoisotopic (exact) mass is 314 g/mol. The summed E-state index contributed by atoms with van der Waals surface area (Å²) in [7, 11) is 0. The minimum Gasteiger partial charge on any atom is -0.369 e. The van der Waals surface area contributed by atoms with Crippen LogP contribution in [0.3, 0.4) is 0 Å². The number of nitrogens with zero attached hydrogens (tertiary/aromatic N) is 1. The van der Waals surface area contributed by atoms with Crippen LogP contribution in [0.1, 0.15) is 0 Å². The Hall–Kier alpha value is -2.58. The number of hydrogen-bond donors (Lipinski definition) is 1. The average Bonchev–Trinajstić information content (AvgIpc) is 2.70. The van der Waals surface area contributed by atoms with Crippen LogP contribution < -0.4 is 10.2 Å². The second-order valence-corrected chi connectivity index (χ2v) is 6.23. The zero-order valence-electron chi connectivity index (χ0n) is 13.8. The first-order valence-electron chi connectivity index (χ1n) is 8.62. The van der Waals surface area contributed by atoms with Crippen LogP contribution in [0.15, 0.2) is 78.9 Å². The lowest BCUT2D eigenvalue weighted by Gasteiger charge is -2.29. The highest BCUT2D eigenvalue weighted by Gasteiger charge is 2.11. The molecule has 0 aliphatic carbocycles. The Morgan fingerprint density at radius 3 is 1.92 bits per heavy atom. The van der Waals surface area contributed by atoms with E-state index in [1.807, 2.05) is 0 Å². The molecule has 0 atom stereocenters. The largest absolute Gasteiger partial charge is 0.369 e. The molecule has 0 spiro atoms. The van der Waals surface area contributed by atoms with Gasteiger partial charge in [-0.15, -0.1) is 0 Å². The van der Waals surface area contributed by atoms with Crippen LogP contribution in [0.25, 0.3) is 22.3 Å². The normalized spacial score (nSPS) is 14.6. The van der Waals surface area contributed by atoms with Crippen molar-refractivity contribution in [2.75, 3.05) is 31.1 Å². The fraction of sp³-hybridized carbons (Fsp3) is 0.182. The second kappa shape index (κ2) is 6.90. The molecular weight excluding hydrogens is 292 g/mol. The smallest absolute Gasteiger partial charge is 0.0373 e.